The molecule has 0 unspecified atom stereocenters. The molecule has 1 N–H and O–H groups in total. The quantitative estimate of drug-likeness (QED) is 0.589. The number of hydrogen-bond acceptors (Lipinski definition) is 4. The number of hydrogen-bond donors (Lipinski definition) is 1. The van der Waals surface area contributed by atoms with Crippen molar-refractivity contribution in [2.45, 2.75) is 0 Å². The van der Waals surface area contributed by atoms with Gasteiger partial charge in [0.25, 0.3) is 5.91 Å². The van der Waals surface area contributed by atoms with Crippen LogP contribution in [0.25, 0.3) is 11.3 Å². The Hall–Kier alpha value is -1.11. The van der Waals surface area contributed by atoms with E-state index >= 15 is 0 Å². The fourth-order valence-corrected chi connectivity index (χ4v) is 4.19. The zero-order valence-electron chi connectivity index (χ0n) is 10.8. The number of amides is 1. The molecule has 0 bridgehead atoms. The van der Waals surface area contributed by atoms with Gasteiger partial charge in [0.2, 0.25) is 0 Å². The molecule has 0 saturated heterocycles. The highest BCUT2D eigenvalue weighted by Crippen LogP contribution is 2.39. The Morgan fingerprint density at radius 2 is 1.95 bits per heavy atom. The Bertz CT molecular complexity index is 844. The SMILES string of the molecule is O=C(Nc1nc(-c2cc(Cl)sc2Cl)cs1)c1ccccc1Cl. The number of carbonyl (C=O) groups is 1. The summed E-state index contributed by atoms with van der Waals surface area (Å²) in [5, 5.41) is 5.40. The van der Waals surface area contributed by atoms with Crippen molar-refractivity contribution < 1.29 is 4.79 Å². The molecule has 0 radical (unpaired) electrons. The number of thiazole rings is 1. The first-order valence-corrected chi connectivity index (χ1v) is 8.84. The molecule has 3 nitrogen and oxygen atoms in total. The maximum absolute atomic E-state index is 12.2. The number of halogens is 3. The maximum atomic E-state index is 12.2. The van der Waals surface area contributed by atoms with Gasteiger partial charge >= 0.3 is 0 Å². The largest absolute Gasteiger partial charge is 0.298 e. The number of nitrogens with zero attached hydrogens (tertiary/aromatic N) is 1. The first-order chi connectivity index (χ1) is 10.5. The van der Waals surface area contributed by atoms with E-state index in [-0.39, 0.29) is 5.91 Å². The summed E-state index contributed by atoms with van der Waals surface area (Å²) >= 11 is 20.6. The maximum Gasteiger partial charge on any atom is 0.258 e. The van der Waals surface area contributed by atoms with Crippen molar-refractivity contribution in [3.05, 3.63) is 55.0 Å². The molecule has 0 aliphatic rings. The van der Waals surface area contributed by atoms with Crippen LogP contribution < -0.4 is 5.32 Å². The summed E-state index contributed by atoms with van der Waals surface area (Å²) in [5.41, 5.74) is 1.83. The average molecular weight is 390 g/mol. The van der Waals surface area contributed by atoms with E-state index < -0.39 is 0 Å². The van der Waals surface area contributed by atoms with Crippen molar-refractivity contribution in [2.75, 3.05) is 5.32 Å². The zero-order chi connectivity index (χ0) is 15.7. The highest BCUT2D eigenvalue weighted by molar-refractivity contribution is 7.20. The number of thiophene rings is 1. The predicted octanol–water partition coefficient (Wildman–Crippen LogP) is 6.08. The summed E-state index contributed by atoms with van der Waals surface area (Å²) in [6.07, 6.45) is 0. The molecule has 3 aromatic rings. The van der Waals surface area contributed by atoms with Crippen molar-refractivity contribution in [3.63, 3.8) is 0 Å². The van der Waals surface area contributed by atoms with E-state index in [0.29, 0.717) is 30.1 Å². The summed E-state index contributed by atoms with van der Waals surface area (Å²) in [7, 11) is 0. The summed E-state index contributed by atoms with van der Waals surface area (Å²) in [5.74, 6) is -0.305. The molecule has 0 aliphatic heterocycles. The molecule has 3 rings (SSSR count). The van der Waals surface area contributed by atoms with Crippen LogP contribution in [-0.4, -0.2) is 10.9 Å². The molecular formula is C14H7Cl3N2OS2. The molecule has 0 fully saturated rings. The van der Waals surface area contributed by atoms with E-state index in [1.807, 2.05) is 5.38 Å². The molecular weight excluding hydrogens is 383 g/mol. The van der Waals surface area contributed by atoms with Crippen LogP contribution in [0.15, 0.2) is 35.7 Å². The van der Waals surface area contributed by atoms with Crippen molar-refractivity contribution in [1.29, 1.82) is 0 Å². The third-order valence-electron chi connectivity index (χ3n) is 2.78. The number of rotatable bonds is 3. The molecule has 1 amide bonds. The second-order valence-electron chi connectivity index (χ2n) is 4.21. The van der Waals surface area contributed by atoms with Crippen LogP contribution in [0.3, 0.4) is 0 Å². The van der Waals surface area contributed by atoms with Gasteiger partial charge in [-0.25, -0.2) is 4.98 Å². The van der Waals surface area contributed by atoms with Gasteiger partial charge in [-0.15, -0.1) is 22.7 Å². The lowest BCUT2D eigenvalue weighted by Gasteiger charge is -2.03. The third kappa shape index (κ3) is 3.29. The van der Waals surface area contributed by atoms with Crippen LogP contribution in [0.1, 0.15) is 10.4 Å². The topological polar surface area (TPSA) is 42.0 Å². The molecule has 1 aromatic carbocycles. The van der Waals surface area contributed by atoms with Crippen LogP contribution in [0.4, 0.5) is 5.13 Å². The minimum Gasteiger partial charge on any atom is -0.298 e. The lowest BCUT2D eigenvalue weighted by atomic mass is 10.2. The molecule has 2 aromatic heterocycles. The van der Waals surface area contributed by atoms with Crippen LogP contribution in [0.2, 0.25) is 13.7 Å². The van der Waals surface area contributed by atoms with E-state index in [4.69, 9.17) is 34.8 Å². The van der Waals surface area contributed by atoms with Gasteiger partial charge in [-0.05, 0) is 18.2 Å². The van der Waals surface area contributed by atoms with Gasteiger partial charge in [0.05, 0.1) is 20.6 Å². The first kappa shape index (κ1) is 15.8. The zero-order valence-corrected chi connectivity index (χ0v) is 14.7. The van der Waals surface area contributed by atoms with Gasteiger partial charge in [0.1, 0.15) is 4.34 Å². The monoisotopic (exact) mass is 388 g/mol. The van der Waals surface area contributed by atoms with Crippen LogP contribution >= 0.6 is 57.5 Å². The summed E-state index contributed by atoms with van der Waals surface area (Å²) in [6.45, 7) is 0. The molecule has 0 aliphatic carbocycles. The number of carbonyl (C=O) groups excluding carboxylic acids is 1. The van der Waals surface area contributed by atoms with Gasteiger partial charge in [0, 0.05) is 10.9 Å². The molecule has 0 atom stereocenters. The minimum absolute atomic E-state index is 0.305. The second-order valence-corrected chi connectivity index (χ2v) is 7.76. The van der Waals surface area contributed by atoms with E-state index in [9.17, 15) is 4.79 Å². The number of anilines is 1. The standard InChI is InChI=1S/C14H7Cl3N2OS2/c15-9-4-2-1-3-7(9)13(20)19-14-18-10(6-21-14)8-5-11(16)22-12(8)17/h1-6H,(H,18,19,20). The van der Waals surface area contributed by atoms with E-state index in [1.165, 1.54) is 22.7 Å². The lowest BCUT2D eigenvalue weighted by molar-refractivity contribution is 0.102. The highest BCUT2D eigenvalue weighted by atomic mass is 35.5. The van der Waals surface area contributed by atoms with Crippen LogP contribution in [0, 0.1) is 0 Å². The molecule has 2 heterocycles. The summed E-state index contributed by atoms with van der Waals surface area (Å²) in [4.78, 5) is 16.5. The Kier molecular flexibility index (Phi) is 4.70. The van der Waals surface area contributed by atoms with Gasteiger partial charge in [-0.2, -0.15) is 0 Å². The van der Waals surface area contributed by atoms with Gasteiger partial charge in [-0.1, -0.05) is 46.9 Å². The molecule has 0 spiro atoms. The van der Waals surface area contributed by atoms with Crippen LogP contribution in [0.5, 0.6) is 0 Å². The highest BCUT2D eigenvalue weighted by Gasteiger charge is 2.15. The molecule has 112 valence electrons. The summed E-state index contributed by atoms with van der Waals surface area (Å²) < 4.78 is 1.16. The van der Waals surface area contributed by atoms with Crippen LogP contribution in [-0.2, 0) is 0 Å². The fourth-order valence-electron chi connectivity index (χ4n) is 1.78. The van der Waals surface area contributed by atoms with Gasteiger partial charge in [-0.3, -0.25) is 10.1 Å². The lowest BCUT2D eigenvalue weighted by Crippen LogP contribution is -2.12. The number of nitrogens with one attached hydrogen (secondary N) is 1. The third-order valence-corrected chi connectivity index (χ3v) is 5.35. The van der Waals surface area contributed by atoms with Crippen molar-refractivity contribution in [2.24, 2.45) is 0 Å². The first-order valence-electron chi connectivity index (χ1n) is 6.01. The van der Waals surface area contributed by atoms with Gasteiger partial charge < -0.3 is 0 Å². The van der Waals surface area contributed by atoms with Crippen molar-refractivity contribution in [1.82, 2.24) is 4.98 Å². The van der Waals surface area contributed by atoms with E-state index in [0.717, 1.165) is 5.56 Å². The number of benzene rings is 1. The average Bonchev–Trinajstić information content (AvgIpc) is 3.05. The Morgan fingerprint density at radius 3 is 2.64 bits per heavy atom. The smallest absolute Gasteiger partial charge is 0.258 e. The predicted molar refractivity (Wildman–Crippen MR) is 94.9 cm³/mol. The second kappa shape index (κ2) is 6.56. The normalized spacial score (nSPS) is 10.7. The molecule has 8 heteroatoms. The van der Waals surface area contributed by atoms with E-state index in [2.05, 4.69) is 10.3 Å². The Balaban J connectivity index is 1.82. The fraction of sp³-hybridized carbons (Fsp3) is 0. The Morgan fingerprint density at radius 1 is 1.18 bits per heavy atom. The van der Waals surface area contributed by atoms with Gasteiger partial charge in [0.15, 0.2) is 5.13 Å². The number of aromatic nitrogens is 1. The van der Waals surface area contributed by atoms with Crippen molar-refractivity contribution >= 4 is 68.5 Å². The summed E-state index contributed by atoms with van der Waals surface area (Å²) in [6, 6.07) is 8.59. The minimum atomic E-state index is -0.305. The van der Waals surface area contributed by atoms with Crippen molar-refractivity contribution in [3.8, 4) is 11.3 Å². The Labute approximate surface area is 149 Å². The van der Waals surface area contributed by atoms with E-state index in [1.54, 1.807) is 30.3 Å². The molecule has 22 heavy (non-hydrogen) atoms. The molecule has 0 saturated carbocycles.